The molecule has 10 heteroatoms. The van der Waals surface area contributed by atoms with Crippen LogP contribution in [0.15, 0.2) is 76.2 Å². The monoisotopic (exact) mass is 454 g/mol. The van der Waals surface area contributed by atoms with Gasteiger partial charge in [-0.1, -0.05) is 12.1 Å². The molecule has 1 aliphatic rings. The number of hydrogen-bond donors (Lipinski definition) is 0. The smallest absolute Gasteiger partial charge is 0.271 e. The van der Waals surface area contributed by atoms with Crippen molar-refractivity contribution in [2.24, 2.45) is 0 Å². The minimum atomic E-state index is -4.24. The number of furan rings is 1. The van der Waals surface area contributed by atoms with E-state index in [1.807, 2.05) is 6.92 Å². The van der Waals surface area contributed by atoms with E-state index in [2.05, 4.69) is 0 Å². The molecule has 0 spiro atoms. The lowest BCUT2D eigenvalue weighted by Crippen LogP contribution is -2.29. The normalized spacial score (nSPS) is 18.8. The molecule has 1 aliphatic heterocycles. The Labute approximate surface area is 183 Å². The highest BCUT2D eigenvalue weighted by atomic mass is 32.2. The van der Waals surface area contributed by atoms with Crippen molar-refractivity contribution in [3.05, 3.63) is 93.3 Å². The molecule has 1 fully saturated rings. The first-order valence-corrected chi connectivity index (χ1v) is 11.2. The highest BCUT2D eigenvalue weighted by molar-refractivity contribution is 7.97. The van der Waals surface area contributed by atoms with Gasteiger partial charge in [-0.05, 0) is 48.9 Å². The van der Waals surface area contributed by atoms with Gasteiger partial charge in [0.15, 0.2) is 5.37 Å². The van der Waals surface area contributed by atoms with Crippen LogP contribution in [0, 0.1) is 10.1 Å². The molecule has 9 nitrogen and oxygen atoms in total. The number of sulfone groups is 1. The van der Waals surface area contributed by atoms with Gasteiger partial charge in [0.25, 0.3) is 11.6 Å². The van der Waals surface area contributed by atoms with Crippen LogP contribution in [0.3, 0.4) is 0 Å². The van der Waals surface area contributed by atoms with Gasteiger partial charge in [0, 0.05) is 23.9 Å². The van der Waals surface area contributed by atoms with Crippen molar-refractivity contribution >= 4 is 33.2 Å². The van der Waals surface area contributed by atoms with Gasteiger partial charge in [-0.15, -0.1) is 0 Å². The average Bonchev–Trinajstić information content (AvgIpc) is 3.35. The van der Waals surface area contributed by atoms with Crippen molar-refractivity contribution < 1.29 is 27.3 Å². The van der Waals surface area contributed by atoms with Gasteiger partial charge < -0.3 is 9.15 Å². The van der Waals surface area contributed by atoms with Gasteiger partial charge in [-0.3, -0.25) is 19.8 Å². The second-order valence-electron chi connectivity index (χ2n) is 6.88. The lowest BCUT2D eigenvalue weighted by Gasteiger charge is -2.23. The topological polar surface area (TPSA) is 120 Å². The first-order chi connectivity index (χ1) is 15.3. The molecule has 1 saturated heterocycles. The summed E-state index contributed by atoms with van der Waals surface area (Å²) in [5.41, 5.74) is 0.130. The molecule has 0 bridgehead atoms. The number of ether oxygens (including phenoxy) is 1. The van der Waals surface area contributed by atoms with Crippen LogP contribution in [0.2, 0.25) is 0 Å². The molecule has 1 aromatic heterocycles. The molecular formula is C22H18N2O7S. The van der Waals surface area contributed by atoms with E-state index in [1.165, 1.54) is 30.5 Å². The van der Waals surface area contributed by atoms with Gasteiger partial charge in [0.05, 0.1) is 17.8 Å². The third-order valence-corrected chi connectivity index (χ3v) is 6.85. The van der Waals surface area contributed by atoms with Crippen molar-refractivity contribution in [1.82, 2.24) is 0 Å². The van der Waals surface area contributed by atoms with Crippen LogP contribution in [0.25, 0.3) is 6.08 Å². The largest absolute Gasteiger partial charge is 0.494 e. The molecule has 2 aromatic carbocycles. The van der Waals surface area contributed by atoms with Crippen LogP contribution < -0.4 is 9.64 Å². The average molecular weight is 454 g/mol. The molecule has 3 aromatic rings. The van der Waals surface area contributed by atoms with E-state index in [-0.39, 0.29) is 17.0 Å². The quantitative estimate of drug-likeness (QED) is 0.312. The summed E-state index contributed by atoms with van der Waals surface area (Å²) in [6.45, 7) is 2.28. The van der Waals surface area contributed by atoms with Crippen molar-refractivity contribution in [2.45, 2.75) is 12.3 Å². The molecule has 0 saturated carbocycles. The van der Waals surface area contributed by atoms with Crippen LogP contribution >= 0.6 is 0 Å². The summed E-state index contributed by atoms with van der Waals surface area (Å²) in [6, 6.07) is 14.7. The van der Waals surface area contributed by atoms with E-state index < -0.39 is 30.9 Å². The molecule has 0 radical (unpaired) electrons. The summed E-state index contributed by atoms with van der Waals surface area (Å²) in [4.78, 5) is 24.6. The van der Waals surface area contributed by atoms with Gasteiger partial charge in [-0.2, -0.15) is 0 Å². The van der Waals surface area contributed by atoms with Crippen LogP contribution in [0.4, 0.5) is 11.4 Å². The number of amides is 1. The first-order valence-electron chi connectivity index (χ1n) is 9.63. The molecule has 4 rings (SSSR count). The van der Waals surface area contributed by atoms with Crippen molar-refractivity contribution in [3.63, 3.8) is 0 Å². The predicted molar refractivity (Wildman–Crippen MR) is 117 cm³/mol. The number of non-ortho nitro benzene ring substituents is 1. The van der Waals surface area contributed by atoms with Crippen molar-refractivity contribution in [2.75, 3.05) is 11.5 Å². The summed E-state index contributed by atoms with van der Waals surface area (Å²) in [5.74, 6) is -0.00525. The minimum Gasteiger partial charge on any atom is -0.494 e. The summed E-state index contributed by atoms with van der Waals surface area (Å²) in [7, 11) is -4.24. The zero-order valence-electron chi connectivity index (χ0n) is 16.9. The van der Waals surface area contributed by atoms with E-state index in [9.17, 15) is 23.3 Å². The highest BCUT2D eigenvalue weighted by Crippen LogP contribution is 2.44. The zero-order chi connectivity index (χ0) is 22.9. The fourth-order valence-corrected chi connectivity index (χ4v) is 5.36. The fraction of sp³-hybridized carbons (Fsp3) is 0.136. The Morgan fingerprint density at radius 2 is 1.91 bits per heavy atom. The number of hydrogen-bond acceptors (Lipinski definition) is 7. The Morgan fingerprint density at radius 1 is 1.16 bits per heavy atom. The number of nitro groups is 1. The summed E-state index contributed by atoms with van der Waals surface area (Å²) < 4.78 is 37.6. The Kier molecular flexibility index (Phi) is 5.54. The Bertz CT molecular complexity index is 1300. The van der Waals surface area contributed by atoms with Gasteiger partial charge in [-0.25, -0.2) is 8.42 Å². The Morgan fingerprint density at radius 3 is 2.53 bits per heavy atom. The number of nitrogens with zero attached hydrogens (tertiary/aromatic N) is 2. The summed E-state index contributed by atoms with van der Waals surface area (Å²) >= 11 is 0. The summed E-state index contributed by atoms with van der Waals surface area (Å²) in [5, 5.41) is 9.78. The van der Waals surface area contributed by atoms with Crippen LogP contribution in [-0.2, 0) is 14.6 Å². The SMILES string of the molecule is CCOc1ccc(N2C(=O)/C(=C\c3ccco3)S(=O)(=O)[C@H]2c2cccc([N+](=O)[O-])c2)cc1. The molecule has 0 unspecified atom stereocenters. The zero-order valence-corrected chi connectivity index (χ0v) is 17.7. The first kappa shape index (κ1) is 21.3. The molecule has 0 aliphatic carbocycles. The Hall–Kier alpha value is -3.92. The molecule has 164 valence electrons. The van der Waals surface area contributed by atoms with Crippen LogP contribution in [-0.4, -0.2) is 25.9 Å². The minimum absolute atomic E-state index is 0.101. The molecule has 2 heterocycles. The third kappa shape index (κ3) is 3.76. The Balaban J connectivity index is 1.89. The maximum Gasteiger partial charge on any atom is 0.271 e. The van der Waals surface area contributed by atoms with Gasteiger partial charge >= 0.3 is 0 Å². The molecule has 0 N–H and O–H groups in total. The molecule has 1 atom stereocenters. The second-order valence-corrected chi connectivity index (χ2v) is 8.85. The van der Waals surface area contributed by atoms with Crippen molar-refractivity contribution in [3.8, 4) is 5.75 Å². The molecule has 1 amide bonds. The second kappa shape index (κ2) is 8.31. The van der Waals surface area contributed by atoms with Gasteiger partial charge in [0.2, 0.25) is 9.84 Å². The van der Waals surface area contributed by atoms with Gasteiger partial charge in [0.1, 0.15) is 16.4 Å². The van der Waals surface area contributed by atoms with E-state index >= 15 is 0 Å². The number of benzene rings is 2. The maximum atomic E-state index is 13.5. The van der Waals surface area contributed by atoms with Crippen LogP contribution in [0.5, 0.6) is 5.75 Å². The highest BCUT2D eigenvalue weighted by Gasteiger charge is 2.50. The van der Waals surface area contributed by atoms with Crippen LogP contribution in [0.1, 0.15) is 23.6 Å². The third-order valence-electron chi connectivity index (χ3n) is 4.87. The maximum absolute atomic E-state index is 13.5. The predicted octanol–water partition coefficient (Wildman–Crippen LogP) is 4.09. The number of rotatable bonds is 6. The summed E-state index contributed by atoms with van der Waals surface area (Å²) in [6.07, 6.45) is 2.53. The van der Waals surface area contributed by atoms with Crippen molar-refractivity contribution in [1.29, 1.82) is 0 Å². The van der Waals surface area contributed by atoms with E-state index in [1.54, 1.807) is 30.3 Å². The number of anilines is 1. The number of carbonyl (C=O) groups is 1. The van der Waals surface area contributed by atoms with E-state index in [4.69, 9.17) is 9.15 Å². The van der Waals surface area contributed by atoms with E-state index in [0.717, 1.165) is 17.0 Å². The standard InChI is InChI=1S/C22H18N2O7S/c1-2-30-18-10-8-16(9-11-18)23-21(25)20(14-19-7-4-12-31-19)32(28,29)22(23)15-5-3-6-17(13-15)24(26)27/h3-14,22H,2H2,1H3/b20-14+/t22-/m0/s1. The van der Waals surface area contributed by atoms with E-state index in [0.29, 0.717) is 18.0 Å². The number of carbonyl (C=O) groups excluding carboxylic acids is 1. The lowest BCUT2D eigenvalue weighted by atomic mass is 10.1. The fourth-order valence-electron chi connectivity index (χ4n) is 3.49. The molecule has 32 heavy (non-hydrogen) atoms. The lowest BCUT2D eigenvalue weighted by molar-refractivity contribution is -0.384. The molecular weight excluding hydrogens is 436 g/mol. The number of nitro benzene ring substituents is 1.